The maximum absolute atomic E-state index is 12.8. The predicted molar refractivity (Wildman–Crippen MR) is 104 cm³/mol. The standard InChI is InChI=1S/C17H12F3N7O3S2/c1-3-32(29,30)11-4-10(13-23-6-9(5-21)7-24-13)8-22-12(11)14(28)25-16-27(2)26-15(31-16)17(18,19)20/h4,6-8H,3H2,1-2H3/b25-16-. The van der Waals surface area contributed by atoms with E-state index in [0.717, 1.165) is 16.9 Å². The Morgan fingerprint density at radius 3 is 2.44 bits per heavy atom. The number of carbonyl (C=O) groups excluding carboxylic acids is 1. The van der Waals surface area contributed by atoms with Crippen molar-refractivity contribution in [2.24, 2.45) is 12.0 Å². The number of nitriles is 1. The van der Waals surface area contributed by atoms with Crippen LogP contribution in [0, 0.1) is 11.3 Å². The number of hydrogen-bond donors (Lipinski definition) is 0. The minimum Gasteiger partial charge on any atom is -0.265 e. The number of amides is 1. The molecule has 15 heteroatoms. The molecule has 3 aromatic heterocycles. The summed E-state index contributed by atoms with van der Waals surface area (Å²) in [5.41, 5.74) is -0.226. The van der Waals surface area contributed by atoms with Crippen molar-refractivity contribution in [3.63, 3.8) is 0 Å². The molecule has 3 rings (SSSR count). The fraction of sp³-hybridized carbons (Fsp3) is 0.235. The highest BCUT2D eigenvalue weighted by Gasteiger charge is 2.35. The summed E-state index contributed by atoms with van der Waals surface area (Å²) < 4.78 is 64.5. The highest BCUT2D eigenvalue weighted by Crippen LogP contribution is 2.29. The largest absolute Gasteiger partial charge is 0.445 e. The number of pyridine rings is 1. The van der Waals surface area contributed by atoms with Crippen LogP contribution in [0.1, 0.15) is 28.0 Å². The van der Waals surface area contributed by atoms with Crippen LogP contribution in [-0.2, 0) is 23.1 Å². The van der Waals surface area contributed by atoms with Gasteiger partial charge in [0.15, 0.2) is 15.7 Å². The van der Waals surface area contributed by atoms with Crippen molar-refractivity contribution >= 4 is 27.1 Å². The molecule has 0 unspecified atom stereocenters. The Kier molecular flexibility index (Phi) is 6.19. The maximum atomic E-state index is 12.8. The van der Waals surface area contributed by atoms with Crippen LogP contribution < -0.4 is 4.80 Å². The number of sulfone groups is 1. The van der Waals surface area contributed by atoms with Gasteiger partial charge >= 0.3 is 6.18 Å². The monoisotopic (exact) mass is 483 g/mol. The molecule has 0 aromatic carbocycles. The Bertz CT molecular complexity index is 1400. The topological polar surface area (TPSA) is 144 Å². The minimum atomic E-state index is -4.73. The second kappa shape index (κ2) is 8.55. The van der Waals surface area contributed by atoms with E-state index < -0.39 is 37.5 Å². The molecular formula is C17H12F3N7O3S2. The highest BCUT2D eigenvalue weighted by atomic mass is 32.2. The Hall–Kier alpha value is -3.51. The summed E-state index contributed by atoms with van der Waals surface area (Å²) >= 11 is 0.128. The van der Waals surface area contributed by atoms with E-state index in [9.17, 15) is 26.4 Å². The van der Waals surface area contributed by atoms with Crippen molar-refractivity contribution in [1.29, 1.82) is 5.26 Å². The summed E-state index contributed by atoms with van der Waals surface area (Å²) in [6.45, 7) is 1.35. The van der Waals surface area contributed by atoms with E-state index in [2.05, 4.69) is 25.0 Å². The third kappa shape index (κ3) is 4.70. The quantitative estimate of drug-likeness (QED) is 0.546. The summed E-state index contributed by atoms with van der Waals surface area (Å²) in [6.07, 6.45) is -1.14. The minimum absolute atomic E-state index is 0.0590. The fourth-order valence-electron chi connectivity index (χ4n) is 2.36. The zero-order valence-electron chi connectivity index (χ0n) is 16.3. The number of aromatic nitrogens is 5. The van der Waals surface area contributed by atoms with Crippen LogP contribution in [0.4, 0.5) is 13.2 Å². The molecular weight excluding hydrogens is 471 g/mol. The van der Waals surface area contributed by atoms with Gasteiger partial charge in [0.05, 0.1) is 16.2 Å². The Morgan fingerprint density at radius 1 is 1.25 bits per heavy atom. The average Bonchev–Trinajstić information content (AvgIpc) is 3.14. The van der Waals surface area contributed by atoms with Crippen molar-refractivity contribution < 1.29 is 26.4 Å². The first-order chi connectivity index (χ1) is 15.0. The molecule has 0 aliphatic heterocycles. The molecule has 0 bridgehead atoms. The molecule has 3 aromatic rings. The first kappa shape index (κ1) is 23.2. The molecule has 1 amide bonds. The van der Waals surface area contributed by atoms with E-state index in [1.807, 2.05) is 6.07 Å². The fourth-order valence-corrected chi connectivity index (χ4v) is 4.16. The van der Waals surface area contributed by atoms with Gasteiger partial charge in [0.1, 0.15) is 11.8 Å². The van der Waals surface area contributed by atoms with E-state index >= 15 is 0 Å². The lowest BCUT2D eigenvalue weighted by Gasteiger charge is -2.08. The van der Waals surface area contributed by atoms with Crippen molar-refractivity contribution in [2.75, 3.05) is 5.75 Å². The first-order valence-electron chi connectivity index (χ1n) is 8.62. The molecule has 0 radical (unpaired) electrons. The highest BCUT2D eigenvalue weighted by molar-refractivity contribution is 7.91. The Balaban J connectivity index is 2.13. The smallest absolute Gasteiger partial charge is 0.265 e. The van der Waals surface area contributed by atoms with Gasteiger partial charge in [0.2, 0.25) is 9.81 Å². The molecule has 0 aliphatic rings. The molecule has 10 nitrogen and oxygen atoms in total. The molecule has 0 aliphatic carbocycles. The third-order valence-electron chi connectivity index (χ3n) is 3.95. The van der Waals surface area contributed by atoms with Crippen molar-refractivity contribution in [3.05, 3.63) is 45.7 Å². The maximum Gasteiger partial charge on any atom is 0.445 e. The average molecular weight is 483 g/mol. The van der Waals surface area contributed by atoms with E-state index in [1.165, 1.54) is 26.4 Å². The lowest BCUT2D eigenvalue weighted by atomic mass is 10.2. The van der Waals surface area contributed by atoms with E-state index in [1.54, 1.807) is 0 Å². The molecule has 0 saturated heterocycles. The van der Waals surface area contributed by atoms with Crippen LogP contribution >= 0.6 is 11.3 Å². The van der Waals surface area contributed by atoms with E-state index in [-0.39, 0.29) is 38.8 Å². The molecule has 0 spiro atoms. The van der Waals surface area contributed by atoms with Crippen LogP contribution in [0.15, 0.2) is 34.5 Å². The lowest BCUT2D eigenvalue weighted by Crippen LogP contribution is -2.18. The lowest BCUT2D eigenvalue weighted by molar-refractivity contribution is -0.138. The summed E-state index contributed by atoms with van der Waals surface area (Å²) in [5.74, 6) is -1.47. The molecule has 0 fully saturated rings. The summed E-state index contributed by atoms with van der Waals surface area (Å²) in [6, 6.07) is 2.97. The van der Waals surface area contributed by atoms with Gasteiger partial charge in [-0.15, -0.1) is 0 Å². The van der Waals surface area contributed by atoms with E-state index in [0.29, 0.717) is 0 Å². The number of nitrogens with zero attached hydrogens (tertiary/aromatic N) is 7. The second-order valence-electron chi connectivity index (χ2n) is 6.11. The zero-order chi connectivity index (χ0) is 23.7. The molecule has 0 saturated carbocycles. The van der Waals surface area contributed by atoms with Gasteiger partial charge in [-0.3, -0.25) is 4.79 Å². The normalized spacial score (nSPS) is 12.6. The summed E-state index contributed by atoms with van der Waals surface area (Å²) in [4.78, 5) is 27.2. The van der Waals surface area contributed by atoms with Crippen molar-refractivity contribution in [2.45, 2.75) is 18.0 Å². The SMILES string of the molecule is CCS(=O)(=O)c1cc(-c2ncc(C#N)cn2)cnc1C(=O)/N=c1\sc(C(F)(F)F)nn1C. The van der Waals surface area contributed by atoms with Gasteiger partial charge in [-0.2, -0.15) is 28.5 Å². The molecule has 0 atom stereocenters. The third-order valence-corrected chi connectivity index (χ3v) is 6.74. The molecule has 0 N–H and O–H groups in total. The van der Waals surface area contributed by atoms with Gasteiger partial charge in [0, 0.05) is 31.2 Å². The van der Waals surface area contributed by atoms with Gasteiger partial charge in [0.25, 0.3) is 5.91 Å². The van der Waals surface area contributed by atoms with Gasteiger partial charge in [-0.05, 0) is 6.07 Å². The second-order valence-corrected chi connectivity index (χ2v) is 9.31. The van der Waals surface area contributed by atoms with Crippen LogP contribution in [-0.4, -0.2) is 44.8 Å². The van der Waals surface area contributed by atoms with Gasteiger partial charge in [-0.25, -0.2) is 28.1 Å². The Labute approximate surface area is 182 Å². The molecule has 166 valence electrons. The van der Waals surface area contributed by atoms with Crippen LogP contribution in [0.5, 0.6) is 0 Å². The van der Waals surface area contributed by atoms with E-state index in [4.69, 9.17) is 5.26 Å². The number of carbonyl (C=O) groups is 1. The van der Waals surface area contributed by atoms with Crippen molar-refractivity contribution in [1.82, 2.24) is 24.7 Å². The van der Waals surface area contributed by atoms with Gasteiger partial charge < -0.3 is 0 Å². The van der Waals surface area contributed by atoms with Crippen LogP contribution in [0.25, 0.3) is 11.4 Å². The first-order valence-corrected chi connectivity index (χ1v) is 11.1. The number of halogens is 3. The van der Waals surface area contributed by atoms with Crippen molar-refractivity contribution in [3.8, 4) is 17.5 Å². The number of alkyl halides is 3. The number of hydrogen-bond acceptors (Lipinski definition) is 9. The predicted octanol–water partition coefficient (Wildman–Crippen LogP) is 1.76. The molecule has 3 heterocycles. The summed E-state index contributed by atoms with van der Waals surface area (Å²) in [5, 5.41) is 10.9. The number of aryl methyl sites for hydroxylation is 1. The summed E-state index contributed by atoms with van der Waals surface area (Å²) in [7, 11) is -2.82. The number of rotatable bonds is 4. The molecule has 32 heavy (non-hydrogen) atoms. The zero-order valence-corrected chi connectivity index (χ0v) is 18.0. The van der Waals surface area contributed by atoms with Crippen LogP contribution in [0.2, 0.25) is 0 Å². The van der Waals surface area contributed by atoms with Gasteiger partial charge in [-0.1, -0.05) is 18.3 Å². The van der Waals surface area contributed by atoms with Crippen LogP contribution in [0.3, 0.4) is 0 Å². The Morgan fingerprint density at radius 2 is 1.91 bits per heavy atom.